The van der Waals surface area contributed by atoms with Crippen LogP contribution in [0.3, 0.4) is 0 Å². The van der Waals surface area contributed by atoms with Crippen LogP contribution in [0.1, 0.15) is 24.4 Å². The number of allylic oxidation sites excluding steroid dienone is 2. The van der Waals surface area contributed by atoms with Crippen molar-refractivity contribution in [2.45, 2.75) is 18.9 Å². The van der Waals surface area contributed by atoms with E-state index in [1.165, 1.54) is 4.90 Å². The summed E-state index contributed by atoms with van der Waals surface area (Å²) in [6, 6.07) is 15.7. The monoisotopic (exact) mass is 416 g/mol. The summed E-state index contributed by atoms with van der Waals surface area (Å²) < 4.78 is 5.24. The van der Waals surface area contributed by atoms with Gasteiger partial charge in [-0.1, -0.05) is 42.5 Å². The first-order valence-corrected chi connectivity index (χ1v) is 10.6. The van der Waals surface area contributed by atoms with Crippen LogP contribution in [0.25, 0.3) is 0 Å². The number of carbonyl (C=O) groups excluding carboxylic acids is 3. The van der Waals surface area contributed by atoms with Crippen molar-refractivity contribution >= 4 is 23.4 Å². The van der Waals surface area contributed by atoms with Crippen LogP contribution in [-0.4, -0.2) is 29.7 Å². The predicted molar refractivity (Wildman–Crippen MR) is 115 cm³/mol. The van der Waals surface area contributed by atoms with Gasteiger partial charge in [-0.05, 0) is 48.1 Å². The minimum absolute atomic E-state index is 0.000898. The van der Waals surface area contributed by atoms with E-state index in [1.54, 1.807) is 31.4 Å². The van der Waals surface area contributed by atoms with Gasteiger partial charge in [0.05, 0.1) is 31.4 Å². The SMILES string of the molecule is COc1ccc(C(CC(=O)Nc2ccccc2)N2C(=O)C3C4C=CC(C4)C3C2=O)cc1. The molecule has 3 amide bonds. The van der Waals surface area contributed by atoms with Crippen LogP contribution in [0.5, 0.6) is 5.75 Å². The number of hydrogen-bond donors (Lipinski definition) is 1. The molecule has 1 heterocycles. The normalized spacial score (nSPS) is 26.8. The van der Waals surface area contributed by atoms with E-state index in [1.807, 2.05) is 30.3 Å². The fourth-order valence-electron chi connectivity index (χ4n) is 5.33. The second-order valence-corrected chi connectivity index (χ2v) is 8.45. The van der Waals surface area contributed by atoms with Crippen molar-refractivity contribution in [3.05, 3.63) is 72.3 Å². The Labute approximate surface area is 180 Å². The average Bonchev–Trinajstić information content (AvgIpc) is 3.47. The van der Waals surface area contributed by atoms with Gasteiger partial charge in [0.1, 0.15) is 5.75 Å². The quantitative estimate of drug-likeness (QED) is 0.577. The van der Waals surface area contributed by atoms with E-state index in [2.05, 4.69) is 17.5 Å². The molecule has 0 aromatic heterocycles. The third-order valence-electron chi connectivity index (χ3n) is 6.75. The maximum Gasteiger partial charge on any atom is 0.234 e. The first kappa shape index (κ1) is 19.5. The molecular formula is C25H24N2O4. The molecule has 1 aliphatic heterocycles. The first-order valence-electron chi connectivity index (χ1n) is 10.6. The number of fused-ring (bicyclic) bond motifs is 5. The van der Waals surface area contributed by atoms with Crippen molar-refractivity contribution in [3.8, 4) is 5.75 Å². The summed E-state index contributed by atoms with van der Waals surface area (Å²) in [5, 5.41) is 2.87. The molecule has 2 aliphatic carbocycles. The topological polar surface area (TPSA) is 75.7 Å². The highest BCUT2D eigenvalue weighted by atomic mass is 16.5. The lowest BCUT2D eigenvalue weighted by molar-refractivity contribution is -0.144. The lowest BCUT2D eigenvalue weighted by atomic mass is 9.85. The number of ether oxygens (including phenoxy) is 1. The molecular weight excluding hydrogens is 392 g/mol. The van der Waals surface area contributed by atoms with E-state index in [-0.39, 0.29) is 47.8 Å². The third kappa shape index (κ3) is 3.32. The lowest BCUT2D eigenvalue weighted by Gasteiger charge is -2.28. The Hall–Kier alpha value is -3.41. The molecule has 6 nitrogen and oxygen atoms in total. The van der Waals surface area contributed by atoms with Gasteiger partial charge in [0.25, 0.3) is 0 Å². The smallest absolute Gasteiger partial charge is 0.234 e. The van der Waals surface area contributed by atoms with E-state index in [0.29, 0.717) is 11.4 Å². The number of hydrogen-bond acceptors (Lipinski definition) is 4. The zero-order chi connectivity index (χ0) is 21.5. The van der Waals surface area contributed by atoms with Gasteiger partial charge >= 0.3 is 0 Å². The van der Waals surface area contributed by atoms with Gasteiger partial charge in [-0.3, -0.25) is 19.3 Å². The van der Waals surface area contributed by atoms with E-state index in [4.69, 9.17) is 4.74 Å². The van der Waals surface area contributed by atoms with Crippen LogP contribution >= 0.6 is 0 Å². The molecule has 31 heavy (non-hydrogen) atoms. The standard InChI is InChI=1S/C25H24N2O4/c1-31-19-11-9-15(10-12-19)20(14-21(28)26-18-5-3-2-4-6-18)27-24(29)22-16-7-8-17(13-16)23(22)25(27)30/h2-12,16-17,20,22-23H,13-14H2,1H3,(H,26,28). The van der Waals surface area contributed by atoms with E-state index < -0.39 is 6.04 Å². The highest BCUT2D eigenvalue weighted by Crippen LogP contribution is 2.54. The lowest BCUT2D eigenvalue weighted by Crippen LogP contribution is -2.38. The van der Waals surface area contributed by atoms with Crippen LogP contribution in [-0.2, 0) is 14.4 Å². The number of anilines is 1. The number of methoxy groups -OCH3 is 1. The van der Waals surface area contributed by atoms with E-state index in [9.17, 15) is 14.4 Å². The molecule has 2 aromatic rings. The molecule has 1 saturated heterocycles. The number of nitrogens with one attached hydrogen (secondary N) is 1. The van der Waals surface area contributed by atoms with Crippen LogP contribution < -0.4 is 10.1 Å². The highest BCUT2D eigenvalue weighted by Gasteiger charge is 2.60. The van der Waals surface area contributed by atoms with Crippen molar-refractivity contribution in [1.82, 2.24) is 4.90 Å². The van der Waals surface area contributed by atoms with Gasteiger partial charge in [-0.25, -0.2) is 0 Å². The van der Waals surface area contributed by atoms with Gasteiger partial charge in [0, 0.05) is 5.69 Å². The number of likely N-dealkylation sites (tertiary alicyclic amines) is 1. The fourth-order valence-corrected chi connectivity index (χ4v) is 5.33. The Kier molecular flexibility index (Phi) is 4.85. The Morgan fingerprint density at radius 1 is 1.00 bits per heavy atom. The Morgan fingerprint density at radius 2 is 1.61 bits per heavy atom. The summed E-state index contributed by atoms with van der Waals surface area (Å²) in [6.07, 6.45) is 5.03. The van der Waals surface area contributed by atoms with E-state index in [0.717, 1.165) is 12.0 Å². The van der Waals surface area contributed by atoms with Gasteiger partial charge in [0.15, 0.2) is 0 Å². The Morgan fingerprint density at radius 3 is 2.19 bits per heavy atom. The summed E-state index contributed by atoms with van der Waals surface area (Å²) >= 11 is 0. The zero-order valence-electron chi connectivity index (χ0n) is 17.2. The molecule has 2 fully saturated rings. The average molecular weight is 416 g/mol. The number of rotatable bonds is 6. The van der Waals surface area contributed by atoms with Gasteiger partial charge in [-0.15, -0.1) is 0 Å². The number of amides is 3. The molecule has 0 radical (unpaired) electrons. The van der Waals surface area contributed by atoms with Crippen LogP contribution in [0.2, 0.25) is 0 Å². The molecule has 5 atom stereocenters. The Bertz CT molecular complexity index is 1020. The van der Waals surface area contributed by atoms with Crippen LogP contribution in [0, 0.1) is 23.7 Å². The molecule has 3 aliphatic rings. The van der Waals surface area contributed by atoms with Gasteiger partial charge < -0.3 is 10.1 Å². The summed E-state index contributed by atoms with van der Waals surface area (Å²) in [6.45, 7) is 0. The van der Waals surface area contributed by atoms with Crippen LogP contribution in [0.4, 0.5) is 5.69 Å². The molecule has 5 unspecified atom stereocenters. The number of nitrogens with zero attached hydrogens (tertiary/aromatic N) is 1. The van der Waals surface area contributed by atoms with Crippen molar-refractivity contribution in [1.29, 1.82) is 0 Å². The maximum atomic E-state index is 13.4. The van der Waals surface area contributed by atoms with Crippen molar-refractivity contribution < 1.29 is 19.1 Å². The largest absolute Gasteiger partial charge is 0.497 e. The molecule has 5 rings (SSSR count). The van der Waals surface area contributed by atoms with Crippen molar-refractivity contribution in [3.63, 3.8) is 0 Å². The van der Waals surface area contributed by atoms with Crippen LogP contribution in [0.15, 0.2) is 66.7 Å². The maximum absolute atomic E-state index is 13.4. The highest BCUT2D eigenvalue weighted by molar-refractivity contribution is 6.07. The first-order chi connectivity index (χ1) is 15.1. The molecule has 2 aromatic carbocycles. The zero-order valence-corrected chi connectivity index (χ0v) is 17.2. The summed E-state index contributed by atoms with van der Waals surface area (Å²) in [4.78, 5) is 41.0. The van der Waals surface area contributed by atoms with Gasteiger partial charge in [0.2, 0.25) is 17.7 Å². The summed E-state index contributed by atoms with van der Waals surface area (Å²) in [7, 11) is 1.58. The molecule has 1 N–H and O–H groups in total. The molecule has 0 spiro atoms. The second-order valence-electron chi connectivity index (χ2n) is 8.45. The molecule has 1 saturated carbocycles. The fraction of sp³-hybridized carbons (Fsp3) is 0.320. The number of benzene rings is 2. The number of para-hydroxylation sites is 1. The molecule has 6 heteroatoms. The van der Waals surface area contributed by atoms with Crippen molar-refractivity contribution in [2.24, 2.45) is 23.7 Å². The minimum Gasteiger partial charge on any atom is -0.497 e. The number of imide groups is 1. The molecule has 158 valence electrons. The number of carbonyl (C=O) groups is 3. The summed E-state index contributed by atoms with van der Waals surface area (Å²) in [5.74, 6) is -0.196. The minimum atomic E-state index is -0.653. The van der Waals surface area contributed by atoms with E-state index >= 15 is 0 Å². The second kappa shape index (κ2) is 7.69. The summed E-state index contributed by atoms with van der Waals surface area (Å²) in [5.41, 5.74) is 1.42. The third-order valence-corrected chi connectivity index (χ3v) is 6.75. The molecule has 2 bridgehead atoms. The van der Waals surface area contributed by atoms with Gasteiger partial charge in [-0.2, -0.15) is 0 Å². The van der Waals surface area contributed by atoms with Crippen molar-refractivity contribution in [2.75, 3.05) is 12.4 Å². The Balaban J connectivity index is 1.44. The predicted octanol–water partition coefficient (Wildman–Crippen LogP) is 3.57.